The maximum atomic E-state index is 12.8. The number of carbonyl (C=O) groups excluding carboxylic acids is 1. The van der Waals surface area contributed by atoms with Crippen molar-refractivity contribution < 1.29 is 9.21 Å². The molecule has 6 nitrogen and oxygen atoms in total. The largest absolute Gasteiger partial charge is 0.455 e. The average Bonchev–Trinajstić information content (AvgIpc) is 2.98. The van der Waals surface area contributed by atoms with Crippen molar-refractivity contribution in [3.8, 4) is 0 Å². The second kappa shape index (κ2) is 7.70. The van der Waals surface area contributed by atoms with E-state index < -0.39 is 0 Å². The van der Waals surface area contributed by atoms with Crippen LogP contribution in [0.2, 0.25) is 0 Å². The summed E-state index contributed by atoms with van der Waals surface area (Å²) in [6, 6.07) is 7.76. The summed E-state index contributed by atoms with van der Waals surface area (Å²) in [7, 11) is 0. The first-order valence-electron chi connectivity index (χ1n) is 8.65. The van der Waals surface area contributed by atoms with Crippen LogP contribution in [0.5, 0.6) is 0 Å². The number of nitrogens with one attached hydrogen (secondary N) is 2. The fraction of sp³-hybridized carbons (Fsp3) is 0.316. The Kier molecular flexibility index (Phi) is 5.37. The van der Waals surface area contributed by atoms with Crippen molar-refractivity contribution >= 4 is 34.6 Å². The number of rotatable bonds is 4. The molecule has 0 bridgehead atoms. The molecule has 0 atom stereocenters. The summed E-state index contributed by atoms with van der Waals surface area (Å²) in [6.07, 6.45) is 3.30. The Balaban J connectivity index is 1.91. The highest BCUT2D eigenvalue weighted by atomic mass is 32.1. The molecule has 1 heterocycles. The zero-order valence-electron chi connectivity index (χ0n) is 14.9. The topological polar surface area (TPSA) is 92.6 Å². The van der Waals surface area contributed by atoms with E-state index in [9.17, 15) is 4.79 Å². The fourth-order valence-electron chi connectivity index (χ4n) is 3.25. The Bertz CT molecular complexity index is 886. The van der Waals surface area contributed by atoms with E-state index in [1.165, 1.54) is 0 Å². The van der Waals surface area contributed by atoms with Gasteiger partial charge < -0.3 is 15.5 Å². The molecule has 1 aromatic heterocycles. The molecule has 0 saturated heterocycles. The first kappa shape index (κ1) is 18.1. The number of para-hydroxylation sites is 1. The summed E-state index contributed by atoms with van der Waals surface area (Å²) in [5.41, 5.74) is 12.5. The van der Waals surface area contributed by atoms with E-state index in [0.717, 1.165) is 59.5 Å². The Hall–Kier alpha value is -2.67. The van der Waals surface area contributed by atoms with E-state index in [1.54, 1.807) is 0 Å². The van der Waals surface area contributed by atoms with Crippen LogP contribution >= 0.6 is 12.2 Å². The third-order valence-electron chi connectivity index (χ3n) is 4.48. The molecule has 0 aliphatic heterocycles. The Labute approximate surface area is 157 Å². The Morgan fingerprint density at radius 3 is 2.85 bits per heavy atom. The van der Waals surface area contributed by atoms with Gasteiger partial charge in [-0.1, -0.05) is 25.1 Å². The highest BCUT2D eigenvalue weighted by Crippen LogP contribution is 2.30. The second-order valence-electron chi connectivity index (χ2n) is 6.21. The molecule has 0 fully saturated rings. The first-order chi connectivity index (χ1) is 12.5. The van der Waals surface area contributed by atoms with Crippen molar-refractivity contribution in [2.75, 3.05) is 5.32 Å². The fourth-order valence-corrected chi connectivity index (χ4v) is 3.29. The lowest BCUT2D eigenvalue weighted by Gasteiger charge is -2.13. The van der Waals surface area contributed by atoms with Crippen LogP contribution in [0.4, 0.5) is 5.69 Å². The standard InChI is InChI=1S/C19H22N4O2S/c1-3-12-7-4-5-8-13(12)21-18(24)17-11(2)16-14(22-23-19(20)26)9-6-10-15(16)25-17/h4-5,7-8H,3,6,9-10H2,1-2H3,(H,21,24)(H3,20,23,26)/b22-14+. The number of benzene rings is 1. The summed E-state index contributed by atoms with van der Waals surface area (Å²) < 4.78 is 5.90. The molecule has 1 amide bonds. The van der Waals surface area contributed by atoms with E-state index in [-0.39, 0.29) is 11.0 Å². The van der Waals surface area contributed by atoms with Gasteiger partial charge in [0.05, 0.1) is 5.71 Å². The molecular formula is C19H22N4O2S. The van der Waals surface area contributed by atoms with Crippen LogP contribution in [0.25, 0.3) is 0 Å². The molecule has 136 valence electrons. The number of hydrogen-bond donors (Lipinski definition) is 3. The van der Waals surface area contributed by atoms with E-state index in [1.807, 2.05) is 31.2 Å². The van der Waals surface area contributed by atoms with E-state index in [2.05, 4.69) is 22.8 Å². The molecule has 4 N–H and O–H groups in total. The van der Waals surface area contributed by atoms with Gasteiger partial charge in [-0.3, -0.25) is 10.2 Å². The van der Waals surface area contributed by atoms with Crippen LogP contribution in [0, 0.1) is 6.92 Å². The maximum Gasteiger partial charge on any atom is 0.291 e. The van der Waals surface area contributed by atoms with Crippen molar-refractivity contribution in [2.24, 2.45) is 10.8 Å². The first-order valence-corrected chi connectivity index (χ1v) is 9.06. The number of hydrazone groups is 1. The Morgan fingerprint density at radius 2 is 2.12 bits per heavy atom. The highest BCUT2D eigenvalue weighted by Gasteiger charge is 2.28. The van der Waals surface area contributed by atoms with Gasteiger partial charge in [0.1, 0.15) is 5.76 Å². The molecule has 7 heteroatoms. The smallest absolute Gasteiger partial charge is 0.291 e. The number of furan rings is 1. The van der Waals surface area contributed by atoms with Crippen molar-refractivity contribution in [3.63, 3.8) is 0 Å². The lowest BCUT2D eigenvalue weighted by atomic mass is 9.93. The van der Waals surface area contributed by atoms with Crippen molar-refractivity contribution in [2.45, 2.75) is 39.5 Å². The number of aryl methyl sites for hydroxylation is 2. The predicted molar refractivity (Wildman–Crippen MR) is 107 cm³/mol. The Morgan fingerprint density at radius 1 is 1.35 bits per heavy atom. The second-order valence-corrected chi connectivity index (χ2v) is 6.65. The van der Waals surface area contributed by atoms with E-state index in [4.69, 9.17) is 22.4 Å². The number of thiocarbonyl (C=S) groups is 1. The van der Waals surface area contributed by atoms with Gasteiger partial charge in [-0.15, -0.1) is 0 Å². The molecule has 3 rings (SSSR count). The number of hydrogen-bond acceptors (Lipinski definition) is 4. The van der Waals surface area contributed by atoms with Crippen LogP contribution in [0.15, 0.2) is 33.8 Å². The van der Waals surface area contributed by atoms with Gasteiger partial charge in [-0.25, -0.2) is 0 Å². The third-order valence-corrected chi connectivity index (χ3v) is 4.57. The predicted octanol–water partition coefficient (Wildman–Crippen LogP) is 3.28. The van der Waals surface area contributed by atoms with Gasteiger partial charge in [0, 0.05) is 23.2 Å². The van der Waals surface area contributed by atoms with Crippen LogP contribution in [0.1, 0.15) is 52.8 Å². The van der Waals surface area contributed by atoms with Gasteiger partial charge in [0.25, 0.3) is 5.91 Å². The molecule has 26 heavy (non-hydrogen) atoms. The molecule has 1 aliphatic carbocycles. The molecule has 0 saturated carbocycles. The molecule has 0 spiro atoms. The minimum atomic E-state index is -0.251. The molecule has 0 radical (unpaired) electrons. The zero-order valence-corrected chi connectivity index (χ0v) is 15.7. The van der Waals surface area contributed by atoms with Gasteiger partial charge in [-0.05, 0) is 50.0 Å². The molecule has 1 aromatic carbocycles. The zero-order chi connectivity index (χ0) is 18.7. The van der Waals surface area contributed by atoms with E-state index in [0.29, 0.717) is 5.76 Å². The van der Waals surface area contributed by atoms with Gasteiger partial charge in [0.2, 0.25) is 0 Å². The summed E-state index contributed by atoms with van der Waals surface area (Å²) in [5.74, 6) is 0.858. The van der Waals surface area contributed by atoms with Gasteiger partial charge >= 0.3 is 0 Å². The number of carbonyl (C=O) groups is 1. The molecule has 2 aromatic rings. The lowest BCUT2D eigenvalue weighted by molar-refractivity contribution is 0.0994. The SMILES string of the molecule is CCc1ccccc1NC(=O)c1oc2c(c1C)/C(=N/NC(N)=S)CCC2. The maximum absolute atomic E-state index is 12.8. The van der Waals surface area contributed by atoms with Gasteiger partial charge in [-0.2, -0.15) is 5.10 Å². The molecule has 1 aliphatic rings. The minimum absolute atomic E-state index is 0.111. The summed E-state index contributed by atoms with van der Waals surface area (Å²) in [5, 5.41) is 7.35. The van der Waals surface area contributed by atoms with Crippen LogP contribution < -0.4 is 16.5 Å². The summed E-state index contributed by atoms with van der Waals surface area (Å²) >= 11 is 4.81. The number of nitrogens with zero attached hydrogens (tertiary/aromatic N) is 1. The minimum Gasteiger partial charge on any atom is -0.455 e. The van der Waals surface area contributed by atoms with Crippen molar-refractivity contribution in [3.05, 3.63) is 52.5 Å². The highest BCUT2D eigenvalue weighted by molar-refractivity contribution is 7.80. The number of nitrogens with two attached hydrogens (primary N) is 1. The van der Waals surface area contributed by atoms with Gasteiger partial charge in [0.15, 0.2) is 10.9 Å². The third kappa shape index (κ3) is 3.62. The summed E-state index contributed by atoms with van der Waals surface area (Å²) in [6.45, 7) is 3.93. The van der Waals surface area contributed by atoms with Crippen molar-refractivity contribution in [1.29, 1.82) is 0 Å². The molecular weight excluding hydrogens is 348 g/mol. The van der Waals surface area contributed by atoms with Crippen LogP contribution in [-0.2, 0) is 12.8 Å². The number of amides is 1. The quantitative estimate of drug-likeness (QED) is 0.567. The van der Waals surface area contributed by atoms with Crippen LogP contribution in [-0.4, -0.2) is 16.7 Å². The van der Waals surface area contributed by atoms with Crippen molar-refractivity contribution in [1.82, 2.24) is 5.43 Å². The number of anilines is 1. The number of fused-ring (bicyclic) bond motifs is 1. The monoisotopic (exact) mass is 370 g/mol. The normalized spacial score (nSPS) is 14.8. The average molecular weight is 370 g/mol. The summed E-state index contributed by atoms with van der Waals surface area (Å²) in [4.78, 5) is 12.8. The lowest BCUT2D eigenvalue weighted by Crippen LogP contribution is -2.26. The molecule has 0 unspecified atom stereocenters. The van der Waals surface area contributed by atoms with E-state index >= 15 is 0 Å². The van der Waals surface area contributed by atoms with Crippen LogP contribution in [0.3, 0.4) is 0 Å².